The average molecular weight is 480 g/mol. The normalized spacial score (nSPS) is 14.8. The number of nitrogens with zero attached hydrogens (tertiary/aromatic N) is 1. The highest BCUT2D eigenvalue weighted by atomic mass is 32.2. The van der Waals surface area contributed by atoms with Crippen molar-refractivity contribution >= 4 is 45.0 Å². The fraction of sp³-hybridized carbons (Fsp3) is 0.120. The topological polar surface area (TPSA) is 95.6 Å². The molecule has 0 aromatic heterocycles. The summed E-state index contributed by atoms with van der Waals surface area (Å²) in [6, 6.07) is 18.9. The molecule has 174 valence electrons. The fourth-order valence-electron chi connectivity index (χ4n) is 3.54. The molecule has 2 amide bonds. The van der Waals surface area contributed by atoms with Gasteiger partial charge in [-0.3, -0.25) is 13.9 Å². The zero-order chi connectivity index (χ0) is 24.1. The maximum Gasteiger partial charge on any atom is 0.255 e. The molecule has 0 spiro atoms. The van der Waals surface area contributed by atoms with Crippen LogP contribution in [0.25, 0.3) is 6.08 Å². The largest absolute Gasteiger partial charge is 0.322 e. The highest BCUT2D eigenvalue weighted by molar-refractivity contribution is 7.93. The molecule has 1 aliphatic heterocycles. The number of hydrogen-bond donors (Lipinski definition) is 2. The van der Waals surface area contributed by atoms with E-state index in [0.29, 0.717) is 35.6 Å². The molecule has 0 aliphatic carbocycles. The molecule has 3 aromatic carbocycles. The van der Waals surface area contributed by atoms with Gasteiger partial charge in [0.15, 0.2) is 0 Å². The zero-order valence-electron chi connectivity index (χ0n) is 18.1. The van der Waals surface area contributed by atoms with Crippen LogP contribution in [0.3, 0.4) is 0 Å². The number of rotatable bonds is 6. The van der Waals surface area contributed by atoms with E-state index in [0.717, 1.165) is 5.56 Å². The number of amides is 2. The van der Waals surface area contributed by atoms with Crippen molar-refractivity contribution in [3.05, 3.63) is 95.8 Å². The van der Waals surface area contributed by atoms with Crippen LogP contribution in [-0.2, 0) is 14.8 Å². The third kappa shape index (κ3) is 5.68. The Kier molecular flexibility index (Phi) is 6.74. The molecular formula is C25H22FN3O4S. The van der Waals surface area contributed by atoms with Crippen LogP contribution < -0.4 is 14.9 Å². The molecule has 0 atom stereocenters. The third-order valence-electron chi connectivity index (χ3n) is 5.18. The second kappa shape index (κ2) is 9.88. The Balaban J connectivity index is 1.37. The Morgan fingerprint density at radius 2 is 1.62 bits per heavy atom. The minimum absolute atomic E-state index is 0.155. The van der Waals surface area contributed by atoms with Crippen molar-refractivity contribution in [3.8, 4) is 0 Å². The molecule has 1 saturated heterocycles. The summed E-state index contributed by atoms with van der Waals surface area (Å²) in [6.07, 6.45) is 3.57. The Hall–Kier alpha value is -3.98. The smallest absolute Gasteiger partial charge is 0.255 e. The Morgan fingerprint density at radius 3 is 2.29 bits per heavy atom. The van der Waals surface area contributed by atoms with Crippen LogP contribution in [0.4, 0.5) is 21.5 Å². The van der Waals surface area contributed by atoms with Crippen molar-refractivity contribution < 1.29 is 22.4 Å². The predicted molar refractivity (Wildman–Crippen MR) is 131 cm³/mol. The Morgan fingerprint density at radius 1 is 0.912 bits per heavy atom. The first kappa shape index (κ1) is 23.2. The zero-order valence-corrected chi connectivity index (χ0v) is 18.9. The highest BCUT2D eigenvalue weighted by Crippen LogP contribution is 2.24. The standard InChI is InChI=1S/C25H22FN3O4S/c26-20-5-2-7-22(17-20)28-25(31)19-4-1-6-21(16-19)27-24(30)13-10-18-8-11-23(12-9-18)29-14-3-15-34(29,32)33/h1-2,4-13,16-17H,3,14-15H2,(H,27,30)(H,28,31)/b13-10+. The van der Waals surface area contributed by atoms with Crippen molar-refractivity contribution in [2.45, 2.75) is 6.42 Å². The summed E-state index contributed by atoms with van der Waals surface area (Å²) in [6.45, 7) is 0.471. The summed E-state index contributed by atoms with van der Waals surface area (Å²) < 4.78 is 38.8. The van der Waals surface area contributed by atoms with Crippen molar-refractivity contribution in [1.82, 2.24) is 0 Å². The number of hydrogen-bond acceptors (Lipinski definition) is 4. The van der Waals surface area contributed by atoms with Crippen LogP contribution in [-0.4, -0.2) is 32.5 Å². The quantitative estimate of drug-likeness (QED) is 0.516. The van der Waals surface area contributed by atoms with E-state index in [-0.39, 0.29) is 5.75 Å². The lowest BCUT2D eigenvalue weighted by molar-refractivity contribution is -0.111. The molecular weight excluding hydrogens is 457 g/mol. The van der Waals surface area contributed by atoms with E-state index in [4.69, 9.17) is 0 Å². The highest BCUT2D eigenvalue weighted by Gasteiger charge is 2.28. The van der Waals surface area contributed by atoms with Gasteiger partial charge in [-0.1, -0.05) is 24.3 Å². The molecule has 0 unspecified atom stereocenters. The van der Waals surface area contributed by atoms with Crippen LogP contribution in [0.5, 0.6) is 0 Å². The summed E-state index contributed by atoms with van der Waals surface area (Å²) >= 11 is 0. The lowest BCUT2D eigenvalue weighted by Crippen LogP contribution is -2.24. The number of carbonyl (C=O) groups is 2. The van der Waals surface area contributed by atoms with Gasteiger partial charge in [0.2, 0.25) is 15.9 Å². The molecule has 0 radical (unpaired) electrons. The Bertz CT molecular complexity index is 1350. The van der Waals surface area contributed by atoms with E-state index in [2.05, 4.69) is 10.6 Å². The molecule has 9 heteroatoms. The third-order valence-corrected chi connectivity index (χ3v) is 7.05. The van der Waals surface area contributed by atoms with E-state index in [1.54, 1.807) is 54.6 Å². The lowest BCUT2D eigenvalue weighted by atomic mass is 10.1. The van der Waals surface area contributed by atoms with Gasteiger partial charge in [-0.25, -0.2) is 12.8 Å². The van der Waals surface area contributed by atoms with Crippen LogP contribution >= 0.6 is 0 Å². The van der Waals surface area contributed by atoms with Gasteiger partial charge in [-0.2, -0.15) is 0 Å². The number of benzene rings is 3. The van der Waals surface area contributed by atoms with Crippen molar-refractivity contribution in [3.63, 3.8) is 0 Å². The van der Waals surface area contributed by atoms with Crippen LogP contribution in [0.2, 0.25) is 0 Å². The molecule has 1 fully saturated rings. The molecule has 1 aliphatic rings. The van der Waals surface area contributed by atoms with E-state index in [1.807, 2.05) is 0 Å². The molecule has 2 N–H and O–H groups in total. The second-order valence-corrected chi connectivity index (χ2v) is 9.71. The van der Waals surface area contributed by atoms with E-state index < -0.39 is 27.7 Å². The van der Waals surface area contributed by atoms with Gasteiger partial charge in [0, 0.05) is 29.6 Å². The van der Waals surface area contributed by atoms with Crippen LogP contribution in [0, 0.1) is 5.82 Å². The van der Waals surface area contributed by atoms with Crippen LogP contribution in [0.1, 0.15) is 22.3 Å². The number of anilines is 3. The van der Waals surface area contributed by atoms with Crippen molar-refractivity contribution in [1.29, 1.82) is 0 Å². The second-order valence-electron chi connectivity index (χ2n) is 7.70. The number of carbonyl (C=O) groups excluding carboxylic acids is 2. The van der Waals surface area contributed by atoms with E-state index in [9.17, 15) is 22.4 Å². The minimum atomic E-state index is -3.24. The molecule has 0 saturated carbocycles. The average Bonchev–Trinajstić information content (AvgIpc) is 3.17. The maximum atomic E-state index is 13.3. The molecule has 1 heterocycles. The van der Waals surface area contributed by atoms with Gasteiger partial charge in [-0.15, -0.1) is 0 Å². The number of halogens is 1. The molecule has 0 bridgehead atoms. The number of sulfonamides is 1. The first-order valence-electron chi connectivity index (χ1n) is 10.6. The van der Waals surface area contributed by atoms with Gasteiger partial charge in [0.1, 0.15) is 5.82 Å². The fourth-order valence-corrected chi connectivity index (χ4v) is 5.11. The number of nitrogens with one attached hydrogen (secondary N) is 2. The first-order valence-corrected chi connectivity index (χ1v) is 12.2. The van der Waals surface area contributed by atoms with E-state index >= 15 is 0 Å². The molecule has 4 rings (SSSR count). The maximum absolute atomic E-state index is 13.3. The van der Waals surface area contributed by atoms with Crippen molar-refractivity contribution in [2.75, 3.05) is 27.2 Å². The monoisotopic (exact) mass is 479 g/mol. The van der Waals surface area contributed by atoms with Gasteiger partial charge >= 0.3 is 0 Å². The first-order chi connectivity index (χ1) is 16.3. The SMILES string of the molecule is O=C(/C=C/c1ccc(N2CCCS2(=O)=O)cc1)Nc1cccc(C(=O)Nc2cccc(F)c2)c1. The summed E-state index contributed by atoms with van der Waals surface area (Å²) in [5.41, 5.74) is 2.40. The van der Waals surface area contributed by atoms with Gasteiger partial charge < -0.3 is 10.6 Å². The lowest BCUT2D eigenvalue weighted by Gasteiger charge is -2.16. The minimum Gasteiger partial charge on any atom is -0.322 e. The predicted octanol–water partition coefficient (Wildman–Crippen LogP) is 4.27. The molecule has 34 heavy (non-hydrogen) atoms. The van der Waals surface area contributed by atoms with Gasteiger partial charge in [-0.05, 0) is 66.6 Å². The van der Waals surface area contributed by atoms with Gasteiger partial charge in [0.25, 0.3) is 5.91 Å². The Labute approximate surface area is 197 Å². The molecule has 7 nitrogen and oxygen atoms in total. The molecule has 3 aromatic rings. The van der Waals surface area contributed by atoms with Gasteiger partial charge in [0.05, 0.1) is 11.4 Å². The summed E-state index contributed by atoms with van der Waals surface area (Å²) in [5, 5.41) is 5.30. The van der Waals surface area contributed by atoms with Crippen LogP contribution in [0.15, 0.2) is 78.9 Å². The van der Waals surface area contributed by atoms with Crippen molar-refractivity contribution in [2.24, 2.45) is 0 Å². The summed E-state index contributed by atoms with van der Waals surface area (Å²) in [4.78, 5) is 24.8. The van der Waals surface area contributed by atoms with E-state index in [1.165, 1.54) is 34.6 Å². The summed E-state index contributed by atoms with van der Waals surface area (Å²) in [5.74, 6) is -1.13. The summed E-state index contributed by atoms with van der Waals surface area (Å²) in [7, 11) is -3.24.